The second-order valence-corrected chi connectivity index (χ2v) is 14.4. The molecule has 174 valence electrons. The number of hydrogen-bond acceptors (Lipinski definition) is 1. The largest absolute Gasteiger partial charge is 0.328 e. The zero-order valence-corrected chi connectivity index (χ0v) is 21.8. The summed E-state index contributed by atoms with van der Waals surface area (Å²) in [5, 5.41) is 0. The molecule has 0 radical (unpaired) electrons. The molecule has 0 saturated heterocycles. The van der Waals surface area contributed by atoms with Gasteiger partial charge in [-0.05, 0) is 122 Å². The minimum atomic E-state index is 0.363. The fraction of sp³-hybridized carbons (Fsp3) is 1.00. The molecule has 4 aliphatic rings. The van der Waals surface area contributed by atoms with Crippen LogP contribution in [-0.2, 0) is 0 Å². The summed E-state index contributed by atoms with van der Waals surface area (Å²) in [7, 11) is 0. The van der Waals surface area contributed by atoms with Gasteiger partial charge in [-0.15, -0.1) is 0 Å². The Morgan fingerprint density at radius 2 is 1.50 bits per heavy atom. The first-order chi connectivity index (χ1) is 13.8. The molecule has 1 nitrogen and oxygen atoms in total. The van der Waals surface area contributed by atoms with E-state index >= 15 is 0 Å². The SMILES string of the molecule is CCC1(C)CCC2(C)C(C)(CCC3(C)C4CCC(CCC(C)N)C4(C)CCC32C)C1. The lowest BCUT2D eigenvalue weighted by Crippen LogP contribution is -2.68. The Morgan fingerprint density at radius 3 is 2.13 bits per heavy atom. The molecule has 0 bridgehead atoms. The molecular formula is C29H53N. The van der Waals surface area contributed by atoms with Crippen molar-refractivity contribution in [1.29, 1.82) is 0 Å². The van der Waals surface area contributed by atoms with Crippen LogP contribution < -0.4 is 5.73 Å². The summed E-state index contributed by atoms with van der Waals surface area (Å²) in [4.78, 5) is 0. The van der Waals surface area contributed by atoms with Crippen LogP contribution in [0, 0.1) is 44.3 Å². The number of fused-ring (bicyclic) bond motifs is 5. The molecule has 0 aliphatic heterocycles. The van der Waals surface area contributed by atoms with Crippen molar-refractivity contribution >= 4 is 0 Å². The summed E-state index contributed by atoms with van der Waals surface area (Å²) in [5.41, 5.74) is 9.31. The second kappa shape index (κ2) is 6.98. The van der Waals surface area contributed by atoms with Crippen molar-refractivity contribution in [3.63, 3.8) is 0 Å². The molecule has 4 saturated carbocycles. The van der Waals surface area contributed by atoms with Crippen LogP contribution in [0.15, 0.2) is 0 Å². The third-order valence-electron chi connectivity index (χ3n) is 13.3. The summed E-state index contributed by atoms with van der Waals surface area (Å²) in [5.74, 6) is 1.83. The van der Waals surface area contributed by atoms with E-state index in [2.05, 4.69) is 55.4 Å². The predicted octanol–water partition coefficient (Wildman–Crippen LogP) is 8.36. The van der Waals surface area contributed by atoms with Gasteiger partial charge in [-0.25, -0.2) is 0 Å². The van der Waals surface area contributed by atoms with E-state index in [4.69, 9.17) is 5.73 Å². The van der Waals surface area contributed by atoms with Gasteiger partial charge in [0.2, 0.25) is 0 Å². The highest BCUT2D eigenvalue weighted by Crippen LogP contribution is 2.81. The van der Waals surface area contributed by atoms with Gasteiger partial charge in [-0.3, -0.25) is 0 Å². The quantitative estimate of drug-likeness (QED) is 0.490. The van der Waals surface area contributed by atoms with Gasteiger partial charge in [-0.1, -0.05) is 54.9 Å². The van der Waals surface area contributed by atoms with Crippen LogP contribution in [0.1, 0.15) is 132 Å². The molecule has 0 aromatic carbocycles. The molecule has 4 aliphatic carbocycles. The van der Waals surface area contributed by atoms with Gasteiger partial charge in [0.25, 0.3) is 0 Å². The molecule has 9 atom stereocenters. The van der Waals surface area contributed by atoms with Gasteiger partial charge in [-0.2, -0.15) is 0 Å². The normalized spacial score (nSPS) is 56.7. The maximum Gasteiger partial charge on any atom is 0.00105 e. The Bertz CT molecular complexity index is 669. The topological polar surface area (TPSA) is 26.0 Å². The van der Waals surface area contributed by atoms with Crippen molar-refractivity contribution in [3.05, 3.63) is 0 Å². The summed E-state index contributed by atoms with van der Waals surface area (Å²) in [6.45, 7) is 20.9. The summed E-state index contributed by atoms with van der Waals surface area (Å²) in [6, 6.07) is 0.363. The van der Waals surface area contributed by atoms with E-state index in [0.29, 0.717) is 38.5 Å². The van der Waals surface area contributed by atoms with Crippen LogP contribution in [0.25, 0.3) is 0 Å². The van der Waals surface area contributed by atoms with E-state index in [-0.39, 0.29) is 0 Å². The molecular weight excluding hydrogens is 362 g/mol. The van der Waals surface area contributed by atoms with Crippen LogP contribution >= 0.6 is 0 Å². The van der Waals surface area contributed by atoms with E-state index < -0.39 is 0 Å². The zero-order valence-electron chi connectivity index (χ0n) is 21.8. The van der Waals surface area contributed by atoms with Crippen molar-refractivity contribution < 1.29 is 0 Å². The van der Waals surface area contributed by atoms with Crippen LogP contribution in [0.5, 0.6) is 0 Å². The van der Waals surface area contributed by atoms with Crippen LogP contribution in [0.2, 0.25) is 0 Å². The predicted molar refractivity (Wildman–Crippen MR) is 130 cm³/mol. The molecule has 30 heavy (non-hydrogen) atoms. The van der Waals surface area contributed by atoms with E-state index in [1.807, 2.05) is 0 Å². The average Bonchev–Trinajstić information content (AvgIpc) is 3.02. The number of hydrogen-bond donors (Lipinski definition) is 1. The minimum Gasteiger partial charge on any atom is -0.328 e. The highest BCUT2D eigenvalue weighted by molar-refractivity contribution is 5.21. The molecule has 4 rings (SSSR count). The monoisotopic (exact) mass is 415 g/mol. The number of rotatable bonds is 4. The highest BCUT2D eigenvalue weighted by atomic mass is 14.8. The zero-order chi connectivity index (χ0) is 22.2. The summed E-state index contributed by atoms with van der Waals surface area (Å²) < 4.78 is 0. The van der Waals surface area contributed by atoms with Gasteiger partial charge < -0.3 is 5.73 Å². The van der Waals surface area contributed by atoms with Gasteiger partial charge in [0, 0.05) is 6.04 Å². The Hall–Kier alpha value is -0.0400. The van der Waals surface area contributed by atoms with Crippen LogP contribution in [-0.4, -0.2) is 6.04 Å². The molecule has 0 aromatic rings. The number of nitrogens with two attached hydrogens (primary N) is 1. The fourth-order valence-corrected chi connectivity index (χ4v) is 10.4. The molecule has 0 aromatic heterocycles. The fourth-order valence-electron chi connectivity index (χ4n) is 10.4. The van der Waals surface area contributed by atoms with Gasteiger partial charge >= 0.3 is 0 Å². The molecule has 0 heterocycles. The van der Waals surface area contributed by atoms with E-state index in [1.165, 1.54) is 77.0 Å². The Balaban J connectivity index is 1.68. The maximum absolute atomic E-state index is 6.17. The summed E-state index contributed by atoms with van der Waals surface area (Å²) >= 11 is 0. The third kappa shape index (κ3) is 2.82. The minimum absolute atomic E-state index is 0.363. The smallest absolute Gasteiger partial charge is 0.00105 e. The van der Waals surface area contributed by atoms with Gasteiger partial charge in [0.15, 0.2) is 0 Å². The second-order valence-electron chi connectivity index (χ2n) is 14.4. The van der Waals surface area contributed by atoms with E-state index in [9.17, 15) is 0 Å². The lowest BCUT2D eigenvalue weighted by Gasteiger charge is -2.75. The Morgan fingerprint density at radius 1 is 0.833 bits per heavy atom. The standard InChI is InChI=1S/C29H53N/c1-9-24(3)14-18-28(7)25(4,20-24)15-17-27(6)23-13-12-22(11-10-21(2)30)26(23,5)16-19-29(27,28)8/h21-23H,9-20,30H2,1-8H3. The van der Waals surface area contributed by atoms with E-state index in [0.717, 1.165) is 11.8 Å². The van der Waals surface area contributed by atoms with Gasteiger partial charge in [0.1, 0.15) is 0 Å². The highest BCUT2D eigenvalue weighted by Gasteiger charge is 2.72. The lowest BCUT2D eigenvalue weighted by atomic mass is 9.29. The van der Waals surface area contributed by atoms with Crippen LogP contribution in [0.4, 0.5) is 0 Å². The Labute approximate surface area is 188 Å². The first-order valence-electron chi connectivity index (χ1n) is 13.5. The van der Waals surface area contributed by atoms with Crippen molar-refractivity contribution in [2.45, 2.75) is 138 Å². The molecule has 2 N–H and O–H groups in total. The molecule has 4 fully saturated rings. The first kappa shape index (κ1) is 23.1. The molecule has 9 unspecified atom stereocenters. The van der Waals surface area contributed by atoms with Gasteiger partial charge in [0.05, 0.1) is 0 Å². The maximum atomic E-state index is 6.17. The first-order valence-corrected chi connectivity index (χ1v) is 13.5. The average molecular weight is 416 g/mol. The molecule has 0 amide bonds. The summed E-state index contributed by atoms with van der Waals surface area (Å²) in [6.07, 6.45) is 17.1. The van der Waals surface area contributed by atoms with Crippen molar-refractivity contribution in [2.75, 3.05) is 0 Å². The third-order valence-corrected chi connectivity index (χ3v) is 13.3. The Kier molecular flexibility index (Phi) is 5.38. The molecule has 1 heteroatoms. The van der Waals surface area contributed by atoms with E-state index in [1.54, 1.807) is 0 Å². The van der Waals surface area contributed by atoms with Crippen molar-refractivity contribution in [1.82, 2.24) is 0 Å². The molecule has 0 spiro atoms. The lowest BCUT2D eigenvalue weighted by molar-refractivity contribution is -0.265. The van der Waals surface area contributed by atoms with Crippen LogP contribution in [0.3, 0.4) is 0 Å². The van der Waals surface area contributed by atoms with Crippen molar-refractivity contribution in [3.8, 4) is 0 Å². The van der Waals surface area contributed by atoms with Crippen molar-refractivity contribution in [2.24, 2.45) is 50.1 Å².